The summed E-state index contributed by atoms with van der Waals surface area (Å²) >= 11 is 9.35. The standard InChI is InChI=1S/C16H16ClNO4S2/c1-2-20-14(19)7-11-9-24-16(18-11)23-8-10-5-12(17)15-13(6-10)21-3-4-22-15/h5-6,9H,2-4,7-8H2,1H3. The maximum atomic E-state index is 11.5. The fourth-order valence-corrected chi connectivity index (χ4v) is 4.25. The second-order valence-corrected chi connectivity index (χ2v) is 7.46. The molecule has 1 aliphatic rings. The van der Waals surface area contributed by atoms with Gasteiger partial charge in [-0.05, 0) is 24.6 Å². The molecule has 0 amide bonds. The maximum Gasteiger partial charge on any atom is 0.311 e. The molecule has 0 N–H and O–H groups in total. The van der Waals surface area contributed by atoms with Crippen molar-refractivity contribution in [3.05, 3.63) is 33.8 Å². The number of hydrogen-bond donors (Lipinski definition) is 0. The van der Waals surface area contributed by atoms with Gasteiger partial charge in [0.1, 0.15) is 17.6 Å². The van der Waals surface area contributed by atoms with Crippen LogP contribution < -0.4 is 9.47 Å². The predicted molar refractivity (Wildman–Crippen MR) is 94.5 cm³/mol. The van der Waals surface area contributed by atoms with Gasteiger partial charge in [0.2, 0.25) is 0 Å². The predicted octanol–water partition coefficient (Wildman–Crippen LogP) is 3.97. The fourth-order valence-electron chi connectivity index (χ4n) is 2.19. The molecule has 0 radical (unpaired) electrons. The molecule has 5 nitrogen and oxygen atoms in total. The second kappa shape index (κ2) is 8.09. The number of esters is 1. The van der Waals surface area contributed by atoms with E-state index >= 15 is 0 Å². The summed E-state index contributed by atoms with van der Waals surface area (Å²) in [5.74, 6) is 1.76. The Labute approximate surface area is 153 Å². The van der Waals surface area contributed by atoms with Crippen LogP contribution in [-0.2, 0) is 21.7 Å². The Morgan fingerprint density at radius 1 is 1.42 bits per heavy atom. The minimum absolute atomic E-state index is 0.209. The van der Waals surface area contributed by atoms with Crippen LogP contribution in [0, 0.1) is 0 Å². The molecule has 0 unspecified atom stereocenters. The molecule has 1 aromatic heterocycles. The topological polar surface area (TPSA) is 57.7 Å². The van der Waals surface area contributed by atoms with Crippen LogP contribution in [0.5, 0.6) is 11.5 Å². The Morgan fingerprint density at radius 3 is 3.08 bits per heavy atom. The molecule has 2 aromatic rings. The molecule has 2 heterocycles. The number of aromatic nitrogens is 1. The van der Waals surface area contributed by atoms with E-state index in [4.69, 9.17) is 25.8 Å². The fraction of sp³-hybridized carbons (Fsp3) is 0.375. The minimum Gasteiger partial charge on any atom is -0.486 e. The Morgan fingerprint density at radius 2 is 2.25 bits per heavy atom. The highest BCUT2D eigenvalue weighted by molar-refractivity contribution is 8.00. The monoisotopic (exact) mass is 385 g/mol. The van der Waals surface area contributed by atoms with Crippen molar-refractivity contribution in [2.75, 3.05) is 19.8 Å². The van der Waals surface area contributed by atoms with Crippen LogP contribution in [-0.4, -0.2) is 30.8 Å². The minimum atomic E-state index is -0.252. The number of nitrogens with zero attached hydrogens (tertiary/aromatic N) is 1. The smallest absolute Gasteiger partial charge is 0.311 e. The first-order chi connectivity index (χ1) is 11.7. The van der Waals surface area contributed by atoms with Crippen molar-refractivity contribution in [1.29, 1.82) is 0 Å². The van der Waals surface area contributed by atoms with Crippen LogP contribution in [0.2, 0.25) is 5.02 Å². The van der Waals surface area contributed by atoms with Gasteiger partial charge in [0.25, 0.3) is 0 Å². The molecule has 0 saturated carbocycles. The third kappa shape index (κ3) is 4.34. The van der Waals surface area contributed by atoms with Gasteiger partial charge in [-0.15, -0.1) is 11.3 Å². The number of fused-ring (bicyclic) bond motifs is 1. The van der Waals surface area contributed by atoms with Crippen molar-refractivity contribution in [3.63, 3.8) is 0 Å². The molecule has 0 saturated heterocycles. The van der Waals surface area contributed by atoms with Crippen LogP contribution in [0.1, 0.15) is 18.2 Å². The normalized spacial score (nSPS) is 12.9. The van der Waals surface area contributed by atoms with Crippen LogP contribution >= 0.6 is 34.7 Å². The molecule has 0 atom stereocenters. The lowest BCUT2D eigenvalue weighted by molar-refractivity contribution is -0.142. The summed E-state index contributed by atoms with van der Waals surface area (Å²) in [7, 11) is 0. The number of halogens is 1. The van der Waals surface area contributed by atoms with Gasteiger partial charge in [-0.3, -0.25) is 4.79 Å². The summed E-state index contributed by atoms with van der Waals surface area (Å²) in [5.41, 5.74) is 1.78. The van der Waals surface area contributed by atoms with E-state index in [-0.39, 0.29) is 12.4 Å². The number of thioether (sulfide) groups is 1. The van der Waals surface area contributed by atoms with Crippen molar-refractivity contribution in [2.45, 2.75) is 23.4 Å². The molecule has 0 aliphatic carbocycles. The molecular weight excluding hydrogens is 370 g/mol. The lowest BCUT2D eigenvalue weighted by Crippen LogP contribution is -2.15. The molecule has 0 bridgehead atoms. The van der Waals surface area contributed by atoms with Crippen molar-refractivity contribution in [1.82, 2.24) is 4.98 Å². The van der Waals surface area contributed by atoms with Crippen LogP contribution in [0.25, 0.3) is 0 Å². The maximum absolute atomic E-state index is 11.5. The van der Waals surface area contributed by atoms with Gasteiger partial charge in [0.15, 0.2) is 11.5 Å². The number of thiazole rings is 1. The summed E-state index contributed by atoms with van der Waals surface area (Å²) in [6.45, 7) is 3.22. The Kier molecular flexibility index (Phi) is 5.86. The molecule has 0 spiro atoms. The summed E-state index contributed by atoms with van der Waals surface area (Å²) in [6, 6.07) is 3.83. The largest absolute Gasteiger partial charge is 0.486 e. The van der Waals surface area contributed by atoms with E-state index in [2.05, 4.69) is 4.98 Å². The summed E-state index contributed by atoms with van der Waals surface area (Å²) in [6.07, 6.45) is 0.209. The summed E-state index contributed by atoms with van der Waals surface area (Å²) in [4.78, 5) is 15.9. The van der Waals surface area contributed by atoms with E-state index in [0.717, 1.165) is 15.6 Å². The third-order valence-corrected chi connectivity index (χ3v) is 5.60. The lowest BCUT2D eigenvalue weighted by Gasteiger charge is -2.20. The molecule has 0 fully saturated rings. The van der Waals surface area contributed by atoms with Crippen LogP contribution in [0.15, 0.2) is 21.9 Å². The van der Waals surface area contributed by atoms with Crippen molar-refractivity contribution in [3.8, 4) is 11.5 Å². The highest BCUT2D eigenvalue weighted by atomic mass is 35.5. The Balaban J connectivity index is 1.61. The van der Waals surface area contributed by atoms with Gasteiger partial charge in [0, 0.05) is 11.1 Å². The number of hydrogen-bond acceptors (Lipinski definition) is 7. The summed E-state index contributed by atoms with van der Waals surface area (Å²) in [5, 5.41) is 2.45. The number of carbonyl (C=O) groups is 1. The number of ether oxygens (including phenoxy) is 3. The van der Waals surface area contributed by atoms with E-state index in [1.165, 1.54) is 11.3 Å². The van der Waals surface area contributed by atoms with Crippen LogP contribution in [0.4, 0.5) is 0 Å². The Bertz CT molecular complexity index is 735. The molecule has 128 valence electrons. The van der Waals surface area contributed by atoms with E-state index in [9.17, 15) is 4.79 Å². The van der Waals surface area contributed by atoms with Gasteiger partial charge < -0.3 is 14.2 Å². The number of benzene rings is 1. The van der Waals surface area contributed by atoms with Gasteiger partial charge >= 0.3 is 5.97 Å². The molecular formula is C16H16ClNO4S2. The first-order valence-electron chi connectivity index (χ1n) is 7.46. The molecule has 1 aromatic carbocycles. The van der Waals surface area contributed by atoms with E-state index < -0.39 is 0 Å². The van der Waals surface area contributed by atoms with Gasteiger partial charge in [-0.2, -0.15) is 0 Å². The molecule has 24 heavy (non-hydrogen) atoms. The quantitative estimate of drug-likeness (QED) is 0.554. The first kappa shape index (κ1) is 17.4. The first-order valence-corrected chi connectivity index (χ1v) is 9.71. The van der Waals surface area contributed by atoms with Gasteiger partial charge in [-0.25, -0.2) is 4.98 Å². The zero-order chi connectivity index (χ0) is 16.9. The van der Waals surface area contributed by atoms with E-state index in [0.29, 0.717) is 42.1 Å². The van der Waals surface area contributed by atoms with Crippen molar-refractivity contribution < 1.29 is 19.0 Å². The zero-order valence-electron chi connectivity index (χ0n) is 13.0. The molecule has 3 rings (SSSR count). The Hall–Kier alpha value is -1.44. The van der Waals surface area contributed by atoms with Crippen LogP contribution in [0.3, 0.4) is 0 Å². The van der Waals surface area contributed by atoms with Gasteiger partial charge in [0.05, 0.1) is 23.7 Å². The SMILES string of the molecule is CCOC(=O)Cc1csc(SCc2cc(Cl)c3c(c2)OCCO3)n1. The zero-order valence-corrected chi connectivity index (χ0v) is 15.4. The van der Waals surface area contributed by atoms with E-state index in [1.54, 1.807) is 18.7 Å². The average molecular weight is 386 g/mol. The number of carbonyl (C=O) groups excluding carboxylic acids is 1. The van der Waals surface area contributed by atoms with E-state index in [1.807, 2.05) is 17.5 Å². The summed E-state index contributed by atoms with van der Waals surface area (Å²) < 4.78 is 16.9. The highest BCUT2D eigenvalue weighted by Crippen LogP contribution is 2.39. The average Bonchev–Trinajstić information content (AvgIpc) is 3.00. The third-order valence-electron chi connectivity index (χ3n) is 3.18. The molecule has 8 heteroatoms. The number of rotatable bonds is 6. The van der Waals surface area contributed by atoms with Crippen molar-refractivity contribution >= 4 is 40.7 Å². The molecule has 1 aliphatic heterocycles. The highest BCUT2D eigenvalue weighted by Gasteiger charge is 2.17. The van der Waals surface area contributed by atoms with Crippen molar-refractivity contribution in [2.24, 2.45) is 0 Å². The second-order valence-electron chi connectivity index (χ2n) is 4.98. The lowest BCUT2D eigenvalue weighted by atomic mass is 10.2. The van der Waals surface area contributed by atoms with Gasteiger partial charge in [-0.1, -0.05) is 23.4 Å².